The number of hydrogen-bond acceptors (Lipinski definition) is 4. The Kier molecular flexibility index (Phi) is 4.11. The predicted molar refractivity (Wildman–Crippen MR) is 75.3 cm³/mol. The molecule has 2 heterocycles. The van der Waals surface area contributed by atoms with E-state index in [1.54, 1.807) is 6.07 Å². The molecule has 1 saturated heterocycles. The summed E-state index contributed by atoms with van der Waals surface area (Å²) in [5.41, 5.74) is 0.190. The first-order valence-electron chi connectivity index (χ1n) is 6.78. The highest BCUT2D eigenvalue weighted by Crippen LogP contribution is 2.35. The van der Waals surface area contributed by atoms with Crippen LogP contribution in [0, 0.1) is 16.7 Å². The highest BCUT2D eigenvalue weighted by molar-refractivity contribution is 7.89. The molecule has 1 aliphatic rings. The van der Waals surface area contributed by atoms with Gasteiger partial charge < -0.3 is 0 Å². The van der Waals surface area contributed by atoms with Crippen molar-refractivity contribution >= 4 is 10.0 Å². The Hall–Kier alpha value is -1.45. The van der Waals surface area contributed by atoms with Crippen LogP contribution in [-0.2, 0) is 10.0 Å². The Morgan fingerprint density at radius 1 is 1.45 bits per heavy atom. The molecule has 1 fully saturated rings. The molecule has 1 aliphatic heterocycles. The maximum absolute atomic E-state index is 12.6. The van der Waals surface area contributed by atoms with E-state index >= 15 is 0 Å². The number of aromatic nitrogens is 1. The molecule has 5 nitrogen and oxygen atoms in total. The van der Waals surface area contributed by atoms with Crippen molar-refractivity contribution in [3.8, 4) is 6.07 Å². The van der Waals surface area contributed by atoms with Gasteiger partial charge in [-0.1, -0.05) is 20.3 Å². The van der Waals surface area contributed by atoms with Crippen LogP contribution in [0.1, 0.15) is 38.8 Å². The summed E-state index contributed by atoms with van der Waals surface area (Å²) >= 11 is 0. The lowest BCUT2D eigenvalue weighted by Crippen LogP contribution is -2.42. The van der Waals surface area contributed by atoms with Crippen molar-refractivity contribution in [3.63, 3.8) is 0 Å². The third-order valence-electron chi connectivity index (χ3n) is 4.28. The van der Waals surface area contributed by atoms with Crippen LogP contribution in [0.4, 0.5) is 0 Å². The maximum Gasteiger partial charge on any atom is 0.245 e. The number of nitrogens with zero attached hydrogens (tertiary/aromatic N) is 3. The number of nitriles is 1. The SMILES string of the molecule is CCC1(C)CCN(S(=O)(=O)c2cccnc2C#N)CC1. The first kappa shape index (κ1) is 14.9. The number of pyridine rings is 1. The topological polar surface area (TPSA) is 74.1 Å². The smallest absolute Gasteiger partial charge is 0.244 e. The van der Waals surface area contributed by atoms with Gasteiger partial charge in [-0.05, 0) is 30.4 Å². The van der Waals surface area contributed by atoms with Gasteiger partial charge in [-0.25, -0.2) is 13.4 Å². The van der Waals surface area contributed by atoms with Gasteiger partial charge in [0.2, 0.25) is 10.0 Å². The van der Waals surface area contributed by atoms with Gasteiger partial charge in [-0.3, -0.25) is 0 Å². The first-order chi connectivity index (χ1) is 9.43. The minimum absolute atomic E-state index is 0.0163. The second-order valence-electron chi connectivity index (χ2n) is 5.53. The minimum Gasteiger partial charge on any atom is -0.244 e. The zero-order valence-corrected chi connectivity index (χ0v) is 12.7. The van der Waals surface area contributed by atoms with Crippen LogP contribution in [0.25, 0.3) is 0 Å². The quantitative estimate of drug-likeness (QED) is 0.856. The molecule has 0 spiro atoms. The number of sulfonamides is 1. The lowest BCUT2D eigenvalue weighted by atomic mass is 9.79. The fourth-order valence-electron chi connectivity index (χ4n) is 2.44. The molecule has 0 bridgehead atoms. The van der Waals surface area contributed by atoms with Crippen LogP contribution in [0.15, 0.2) is 23.2 Å². The maximum atomic E-state index is 12.6. The van der Waals surface area contributed by atoms with E-state index in [2.05, 4.69) is 18.8 Å². The summed E-state index contributed by atoms with van der Waals surface area (Å²) in [5.74, 6) is 0. The molecule has 0 saturated carbocycles. The lowest BCUT2D eigenvalue weighted by Gasteiger charge is -2.38. The largest absolute Gasteiger partial charge is 0.245 e. The predicted octanol–water partition coefficient (Wildman–Crippen LogP) is 2.15. The number of hydrogen-bond donors (Lipinski definition) is 0. The molecule has 20 heavy (non-hydrogen) atoms. The average molecular weight is 293 g/mol. The van der Waals surface area contributed by atoms with Crippen LogP contribution >= 0.6 is 0 Å². The van der Waals surface area contributed by atoms with Crippen LogP contribution in [-0.4, -0.2) is 30.8 Å². The first-order valence-corrected chi connectivity index (χ1v) is 8.22. The van der Waals surface area contributed by atoms with E-state index in [1.807, 2.05) is 6.07 Å². The number of piperidine rings is 1. The second kappa shape index (κ2) is 5.51. The van der Waals surface area contributed by atoms with E-state index in [9.17, 15) is 8.42 Å². The molecule has 108 valence electrons. The summed E-state index contributed by atoms with van der Waals surface area (Å²) in [5, 5.41) is 9.01. The summed E-state index contributed by atoms with van der Waals surface area (Å²) in [6.45, 7) is 5.35. The molecule has 0 N–H and O–H groups in total. The summed E-state index contributed by atoms with van der Waals surface area (Å²) < 4.78 is 26.7. The molecule has 1 aromatic heterocycles. The molecular formula is C14H19N3O2S. The van der Waals surface area contributed by atoms with Crippen molar-refractivity contribution in [1.29, 1.82) is 5.26 Å². The van der Waals surface area contributed by atoms with E-state index in [0.717, 1.165) is 19.3 Å². The fourth-order valence-corrected chi connectivity index (χ4v) is 3.98. The van der Waals surface area contributed by atoms with Gasteiger partial charge in [0.25, 0.3) is 0 Å². The third-order valence-corrected chi connectivity index (χ3v) is 6.21. The molecule has 0 atom stereocenters. The van der Waals surface area contributed by atoms with Gasteiger partial charge in [-0.2, -0.15) is 9.57 Å². The van der Waals surface area contributed by atoms with Crippen molar-refractivity contribution in [2.75, 3.05) is 13.1 Å². The van der Waals surface area contributed by atoms with Gasteiger partial charge in [0.15, 0.2) is 5.69 Å². The van der Waals surface area contributed by atoms with E-state index < -0.39 is 10.0 Å². The molecule has 2 rings (SSSR count). The average Bonchev–Trinajstić information content (AvgIpc) is 2.47. The molecule has 0 radical (unpaired) electrons. The normalized spacial score (nSPS) is 19.4. The van der Waals surface area contributed by atoms with Crippen molar-refractivity contribution in [3.05, 3.63) is 24.0 Å². The summed E-state index contributed by atoms with van der Waals surface area (Å²) in [6.07, 6.45) is 4.19. The van der Waals surface area contributed by atoms with Crippen molar-refractivity contribution in [2.45, 2.75) is 38.0 Å². The monoisotopic (exact) mass is 293 g/mol. The van der Waals surface area contributed by atoms with E-state index in [-0.39, 0.29) is 16.0 Å². The summed E-state index contributed by atoms with van der Waals surface area (Å²) in [7, 11) is -3.61. The van der Waals surface area contributed by atoms with Crippen LogP contribution < -0.4 is 0 Å². The summed E-state index contributed by atoms with van der Waals surface area (Å²) in [6, 6.07) is 4.85. The zero-order chi connectivity index (χ0) is 14.8. The van der Waals surface area contributed by atoms with Crippen molar-refractivity contribution in [1.82, 2.24) is 9.29 Å². The van der Waals surface area contributed by atoms with Crippen LogP contribution in [0.5, 0.6) is 0 Å². The zero-order valence-electron chi connectivity index (χ0n) is 11.8. The van der Waals surface area contributed by atoms with Gasteiger partial charge in [0.1, 0.15) is 11.0 Å². The molecule has 0 aliphatic carbocycles. The highest BCUT2D eigenvalue weighted by Gasteiger charge is 2.35. The van der Waals surface area contributed by atoms with Gasteiger partial charge in [0.05, 0.1) is 0 Å². The van der Waals surface area contributed by atoms with Gasteiger partial charge in [-0.15, -0.1) is 0 Å². The van der Waals surface area contributed by atoms with Crippen LogP contribution in [0.3, 0.4) is 0 Å². The van der Waals surface area contributed by atoms with Crippen molar-refractivity contribution < 1.29 is 8.42 Å². The second-order valence-corrected chi connectivity index (χ2v) is 7.44. The Morgan fingerprint density at radius 2 is 2.10 bits per heavy atom. The minimum atomic E-state index is -3.61. The van der Waals surface area contributed by atoms with E-state index in [0.29, 0.717) is 13.1 Å². The Balaban J connectivity index is 2.27. The molecule has 0 unspecified atom stereocenters. The molecule has 6 heteroatoms. The number of rotatable bonds is 3. The molecule has 0 amide bonds. The summed E-state index contributed by atoms with van der Waals surface area (Å²) in [4.78, 5) is 3.85. The Morgan fingerprint density at radius 3 is 2.65 bits per heavy atom. The van der Waals surface area contributed by atoms with Crippen molar-refractivity contribution in [2.24, 2.45) is 5.41 Å². The third kappa shape index (κ3) is 2.69. The van der Waals surface area contributed by atoms with Gasteiger partial charge >= 0.3 is 0 Å². The molecule has 0 aromatic carbocycles. The standard InChI is InChI=1S/C14H19N3O2S/c1-3-14(2)6-9-17(10-7-14)20(18,19)13-5-4-8-16-12(13)11-15/h4-5,8H,3,6-7,9-10H2,1-2H3. The van der Waals surface area contributed by atoms with E-state index in [4.69, 9.17) is 5.26 Å². The lowest BCUT2D eigenvalue weighted by molar-refractivity contribution is 0.169. The highest BCUT2D eigenvalue weighted by atomic mass is 32.2. The molecule has 1 aromatic rings. The Labute approximate surface area is 120 Å². The molecular weight excluding hydrogens is 274 g/mol. The Bertz CT molecular complexity index is 626. The fraction of sp³-hybridized carbons (Fsp3) is 0.571. The van der Waals surface area contributed by atoms with E-state index in [1.165, 1.54) is 16.6 Å². The van der Waals surface area contributed by atoms with Crippen LogP contribution in [0.2, 0.25) is 0 Å². The van der Waals surface area contributed by atoms with Gasteiger partial charge in [0, 0.05) is 19.3 Å².